The molecule has 1 aliphatic heterocycles. The first-order chi connectivity index (χ1) is 8.77. The van der Waals surface area contributed by atoms with E-state index in [0.29, 0.717) is 0 Å². The quantitative estimate of drug-likeness (QED) is 0.724. The normalized spacial score (nSPS) is 17.1. The fraction of sp³-hybridized carbons (Fsp3) is 0.385. The van der Waals surface area contributed by atoms with Crippen LogP contribution in [0.1, 0.15) is 18.9 Å². The van der Waals surface area contributed by atoms with Crippen molar-refractivity contribution >= 4 is 11.0 Å². The smallest absolute Gasteiger partial charge is 0.316 e. The zero-order valence-electron chi connectivity index (χ0n) is 9.98. The summed E-state index contributed by atoms with van der Waals surface area (Å²) in [5.41, 5.74) is 0.558. The molecule has 0 atom stereocenters. The third kappa shape index (κ3) is 1.76. The van der Waals surface area contributed by atoms with Gasteiger partial charge in [-0.2, -0.15) is 0 Å². The topological polar surface area (TPSA) is 66.9 Å². The summed E-state index contributed by atoms with van der Waals surface area (Å²) in [4.78, 5) is 26.4. The predicted octanol–water partition coefficient (Wildman–Crippen LogP) is 0.614. The van der Waals surface area contributed by atoms with Crippen LogP contribution < -0.4 is 16.4 Å². The molecule has 1 aromatic heterocycles. The van der Waals surface area contributed by atoms with E-state index in [9.17, 15) is 9.59 Å². The van der Waals surface area contributed by atoms with Crippen LogP contribution in [-0.2, 0) is 0 Å². The molecule has 2 heterocycles. The van der Waals surface area contributed by atoms with Crippen molar-refractivity contribution in [1.82, 2.24) is 14.9 Å². The number of aromatic nitrogens is 2. The molecule has 0 spiro atoms. The zero-order valence-corrected chi connectivity index (χ0v) is 9.98. The van der Waals surface area contributed by atoms with E-state index in [4.69, 9.17) is 0 Å². The second-order valence-corrected chi connectivity index (χ2v) is 4.63. The molecule has 94 valence electrons. The first-order valence-corrected chi connectivity index (χ1v) is 6.21. The maximum atomic E-state index is 12.1. The second-order valence-electron chi connectivity index (χ2n) is 4.63. The van der Waals surface area contributed by atoms with Gasteiger partial charge in [-0.25, -0.2) is 0 Å². The Kier molecular flexibility index (Phi) is 2.76. The Balaban J connectivity index is 2.28. The Labute approximate surface area is 103 Å². The number of H-pyrrole nitrogens is 1. The molecular formula is C13H15N3O2. The molecule has 5 heteroatoms. The summed E-state index contributed by atoms with van der Waals surface area (Å²) in [6.45, 7) is 1.77. The van der Waals surface area contributed by atoms with E-state index in [1.165, 1.54) is 0 Å². The SMILES string of the molecule is O=c1[nH]c2ccccc2n(C2CCNCC2)c1=O. The molecule has 2 N–H and O–H groups in total. The lowest BCUT2D eigenvalue weighted by molar-refractivity contribution is 0.367. The second kappa shape index (κ2) is 4.42. The average Bonchev–Trinajstić information content (AvgIpc) is 2.41. The number of rotatable bonds is 1. The summed E-state index contributed by atoms with van der Waals surface area (Å²) in [5, 5.41) is 3.27. The minimum atomic E-state index is -0.535. The van der Waals surface area contributed by atoms with Gasteiger partial charge in [-0.15, -0.1) is 0 Å². The molecule has 0 bridgehead atoms. The molecule has 0 radical (unpaired) electrons. The molecule has 1 fully saturated rings. The minimum absolute atomic E-state index is 0.117. The Morgan fingerprint density at radius 2 is 1.83 bits per heavy atom. The molecular weight excluding hydrogens is 230 g/mol. The van der Waals surface area contributed by atoms with Gasteiger partial charge in [-0.05, 0) is 38.1 Å². The lowest BCUT2D eigenvalue weighted by atomic mass is 10.1. The van der Waals surface area contributed by atoms with E-state index >= 15 is 0 Å². The summed E-state index contributed by atoms with van der Waals surface area (Å²) >= 11 is 0. The molecule has 5 nitrogen and oxygen atoms in total. The number of para-hydroxylation sites is 2. The Hall–Kier alpha value is -1.88. The Morgan fingerprint density at radius 3 is 2.61 bits per heavy atom. The van der Waals surface area contributed by atoms with Crippen LogP contribution in [0.25, 0.3) is 11.0 Å². The van der Waals surface area contributed by atoms with Crippen LogP contribution in [0.3, 0.4) is 0 Å². The number of aromatic amines is 1. The average molecular weight is 245 g/mol. The van der Waals surface area contributed by atoms with Crippen LogP contribution in [0.5, 0.6) is 0 Å². The van der Waals surface area contributed by atoms with Gasteiger partial charge in [0.25, 0.3) is 0 Å². The van der Waals surface area contributed by atoms with Crippen LogP contribution in [0.4, 0.5) is 0 Å². The van der Waals surface area contributed by atoms with Crippen LogP contribution in [0.15, 0.2) is 33.9 Å². The van der Waals surface area contributed by atoms with E-state index in [1.807, 2.05) is 24.3 Å². The Morgan fingerprint density at radius 1 is 1.11 bits per heavy atom. The number of benzene rings is 1. The molecule has 1 aliphatic rings. The third-order valence-electron chi connectivity index (χ3n) is 3.50. The van der Waals surface area contributed by atoms with Gasteiger partial charge in [0.2, 0.25) is 0 Å². The predicted molar refractivity (Wildman–Crippen MR) is 70.0 cm³/mol. The summed E-state index contributed by atoms with van der Waals surface area (Å²) in [5.74, 6) is 0. The van der Waals surface area contributed by atoms with E-state index < -0.39 is 11.1 Å². The summed E-state index contributed by atoms with van der Waals surface area (Å²) in [7, 11) is 0. The van der Waals surface area contributed by atoms with Crippen molar-refractivity contribution in [2.75, 3.05) is 13.1 Å². The summed E-state index contributed by atoms with van der Waals surface area (Å²) < 4.78 is 1.66. The van der Waals surface area contributed by atoms with Gasteiger partial charge >= 0.3 is 11.1 Å². The monoisotopic (exact) mass is 245 g/mol. The van der Waals surface area contributed by atoms with E-state index in [1.54, 1.807) is 4.57 Å². The van der Waals surface area contributed by atoms with Crippen LogP contribution >= 0.6 is 0 Å². The molecule has 3 rings (SSSR count). The highest BCUT2D eigenvalue weighted by Crippen LogP contribution is 2.20. The van der Waals surface area contributed by atoms with Gasteiger partial charge in [-0.3, -0.25) is 14.2 Å². The van der Waals surface area contributed by atoms with Gasteiger partial charge in [0.15, 0.2) is 0 Å². The van der Waals surface area contributed by atoms with Gasteiger partial charge in [0.05, 0.1) is 11.0 Å². The number of nitrogens with one attached hydrogen (secondary N) is 2. The van der Waals surface area contributed by atoms with Crippen molar-refractivity contribution in [3.63, 3.8) is 0 Å². The number of hydrogen-bond donors (Lipinski definition) is 2. The molecule has 1 saturated heterocycles. The van der Waals surface area contributed by atoms with Crippen molar-refractivity contribution in [2.45, 2.75) is 18.9 Å². The van der Waals surface area contributed by atoms with Gasteiger partial charge < -0.3 is 10.3 Å². The highest BCUT2D eigenvalue weighted by atomic mass is 16.2. The molecule has 2 aromatic rings. The molecule has 0 aliphatic carbocycles. The number of nitrogens with zero attached hydrogens (tertiary/aromatic N) is 1. The van der Waals surface area contributed by atoms with E-state index in [2.05, 4.69) is 10.3 Å². The lowest BCUT2D eigenvalue weighted by Gasteiger charge is -2.25. The van der Waals surface area contributed by atoms with E-state index in [-0.39, 0.29) is 6.04 Å². The van der Waals surface area contributed by atoms with Gasteiger partial charge in [0.1, 0.15) is 0 Å². The molecule has 0 saturated carbocycles. The molecule has 18 heavy (non-hydrogen) atoms. The lowest BCUT2D eigenvalue weighted by Crippen LogP contribution is -2.41. The number of hydrogen-bond acceptors (Lipinski definition) is 3. The third-order valence-corrected chi connectivity index (χ3v) is 3.50. The van der Waals surface area contributed by atoms with Crippen molar-refractivity contribution in [2.24, 2.45) is 0 Å². The van der Waals surface area contributed by atoms with Gasteiger partial charge in [0, 0.05) is 6.04 Å². The highest BCUT2D eigenvalue weighted by molar-refractivity contribution is 5.74. The maximum absolute atomic E-state index is 12.1. The van der Waals surface area contributed by atoms with E-state index in [0.717, 1.165) is 37.0 Å². The van der Waals surface area contributed by atoms with Crippen molar-refractivity contribution in [3.05, 3.63) is 45.0 Å². The van der Waals surface area contributed by atoms with Crippen molar-refractivity contribution in [3.8, 4) is 0 Å². The Bertz CT molecular complexity index is 680. The van der Waals surface area contributed by atoms with Crippen LogP contribution in [0.2, 0.25) is 0 Å². The van der Waals surface area contributed by atoms with Crippen LogP contribution in [-0.4, -0.2) is 22.6 Å². The summed E-state index contributed by atoms with van der Waals surface area (Å²) in [6.07, 6.45) is 1.76. The number of fused-ring (bicyclic) bond motifs is 1. The first kappa shape index (κ1) is 11.2. The zero-order chi connectivity index (χ0) is 12.5. The van der Waals surface area contributed by atoms with Gasteiger partial charge in [-0.1, -0.05) is 12.1 Å². The minimum Gasteiger partial charge on any atom is -0.317 e. The highest BCUT2D eigenvalue weighted by Gasteiger charge is 2.19. The summed E-state index contributed by atoms with van der Waals surface area (Å²) in [6, 6.07) is 7.57. The standard InChI is InChI=1S/C13H15N3O2/c17-12-13(18)16(9-5-7-14-8-6-9)11-4-2-1-3-10(11)15-12/h1-4,9,14H,5-8H2,(H,15,17). The van der Waals surface area contributed by atoms with Crippen molar-refractivity contribution in [1.29, 1.82) is 0 Å². The molecule has 0 unspecified atom stereocenters. The van der Waals surface area contributed by atoms with Crippen LogP contribution in [0, 0.1) is 0 Å². The molecule has 1 aromatic carbocycles. The number of piperidine rings is 1. The molecule has 0 amide bonds. The fourth-order valence-electron chi connectivity index (χ4n) is 2.61. The fourth-order valence-corrected chi connectivity index (χ4v) is 2.61. The maximum Gasteiger partial charge on any atom is 0.316 e. The van der Waals surface area contributed by atoms with Crippen molar-refractivity contribution < 1.29 is 0 Å². The largest absolute Gasteiger partial charge is 0.317 e. The first-order valence-electron chi connectivity index (χ1n) is 6.21.